The molecular weight excluding hydrogens is 314 g/mol. The zero-order valence-corrected chi connectivity index (χ0v) is 14.2. The van der Waals surface area contributed by atoms with Crippen LogP contribution in [0.15, 0.2) is 24.3 Å². The van der Waals surface area contributed by atoms with E-state index in [9.17, 15) is 9.59 Å². The Bertz CT molecular complexity index is 578. The van der Waals surface area contributed by atoms with E-state index in [0.29, 0.717) is 12.3 Å². The van der Waals surface area contributed by atoms with Crippen molar-refractivity contribution in [1.29, 1.82) is 0 Å². The molecule has 7 nitrogen and oxygen atoms in total. The fraction of sp³-hybridized carbons (Fsp3) is 0.529. The maximum atomic E-state index is 11.7. The number of hydrogen-bond acceptors (Lipinski definition) is 6. The van der Waals surface area contributed by atoms with Crippen molar-refractivity contribution in [2.75, 3.05) is 13.2 Å². The van der Waals surface area contributed by atoms with Gasteiger partial charge in [0.2, 0.25) is 0 Å². The maximum Gasteiger partial charge on any atom is 0.335 e. The second-order valence-electron chi connectivity index (χ2n) is 6.56. The van der Waals surface area contributed by atoms with Gasteiger partial charge in [0.25, 0.3) is 0 Å². The van der Waals surface area contributed by atoms with Crippen LogP contribution in [0.25, 0.3) is 0 Å². The SMILES string of the molecule is CC(C)(C)OC(=O)COC1CCCN1Oc1ccc(C(=O)O)cc1. The number of benzene rings is 1. The van der Waals surface area contributed by atoms with Crippen molar-refractivity contribution >= 4 is 11.9 Å². The zero-order valence-electron chi connectivity index (χ0n) is 14.2. The summed E-state index contributed by atoms with van der Waals surface area (Å²) in [5, 5.41) is 10.5. The molecule has 1 unspecified atom stereocenters. The minimum atomic E-state index is -0.985. The van der Waals surface area contributed by atoms with Crippen LogP contribution in [-0.4, -0.2) is 47.1 Å². The number of ether oxygens (including phenoxy) is 2. The number of esters is 1. The molecule has 1 N–H and O–H groups in total. The van der Waals surface area contributed by atoms with Gasteiger partial charge in [-0.05, 0) is 57.9 Å². The fourth-order valence-corrected chi connectivity index (χ4v) is 2.31. The van der Waals surface area contributed by atoms with Crippen LogP contribution in [-0.2, 0) is 14.3 Å². The second-order valence-corrected chi connectivity index (χ2v) is 6.56. The van der Waals surface area contributed by atoms with Crippen molar-refractivity contribution in [3.05, 3.63) is 29.8 Å². The Morgan fingerprint density at radius 2 is 1.92 bits per heavy atom. The Labute approximate surface area is 141 Å². The molecular formula is C17H23NO6. The maximum absolute atomic E-state index is 11.7. The molecule has 0 aliphatic carbocycles. The van der Waals surface area contributed by atoms with Crippen molar-refractivity contribution in [2.45, 2.75) is 45.4 Å². The molecule has 0 aromatic heterocycles. The van der Waals surface area contributed by atoms with Gasteiger partial charge in [-0.15, -0.1) is 5.06 Å². The first-order valence-corrected chi connectivity index (χ1v) is 7.86. The summed E-state index contributed by atoms with van der Waals surface area (Å²) in [6.07, 6.45) is 1.29. The van der Waals surface area contributed by atoms with Crippen molar-refractivity contribution in [1.82, 2.24) is 5.06 Å². The van der Waals surface area contributed by atoms with E-state index in [1.165, 1.54) is 12.1 Å². The highest BCUT2D eigenvalue weighted by Gasteiger charge is 2.28. The number of nitrogens with zero attached hydrogens (tertiary/aromatic N) is 1. The van der Waals surface area contributed by atoms with Crippen molar-refractivity contribution in [3.8, 4) is 5.75 Å². The number of hydrogen-bond donors (Lipinski definition) is 1. The Morgan fingerprint density at radius 3 is 2.50 bits per heavy atom. The molecule has 0 spiro atoms. The Hall–Kier alpha value is -2.12. The summed E-state index contributed by atoms with van der Waals surface area (Å²) in [5.74, 6) is -0.880. The summed E-state index contributed by atoms with van der Waals surface area (Å²) in [4.78, 5) is 28.3. The molecule has 0 saturated carbocycles. The number of hydroxylamine groups is 2. The standard InChI is InChI=1S/C17H23NO6/c1-17(2,3)23-15(19)11-22-14-5-4-10-18(14)24-13-8-6-12(7-9-13)16(20)21/h6-9,14H,4-5,10-11H2,1-3H3,(H,20,21). The van der Waals surface area contributed by atoms with Gasteiger partial charge in [0.1, 0.15) is 24.2 Å². The van der Waals surface area contributed by atoms with Crippen LogP contribution in [0.5, 0.6) is 5.75 Å². The summed E-state index contributed by atoms with van der Waals surface area (Å²) in [6, 6.07) is 6.13. The van der Waals surface area contributed by atoms with E-state index in [1.807, 2.05) is 0 Å². The average molecular weight is 337 g/mol. The Balaban J connectivity index is 1.86. The fourth-order valence-electron chi connectivity index (χ4n) is 2.31. The summed E-state index contributed by atoms with van der Waals surface area (Å²) >= 11 is 0. The molecule has 0 radical (unpaired) electrons. The predicted molar refractivity (Wildman–Crippen MR) is 85.6 cm³/mol. The lowest BCUT2D eigenvalue weighted by Gasteiger charge is -2.25. The van der Waals surface area contributed by atoms with Crippen LogP contribution < -0.4 is 4.84 Å². The first-order valence-electron chi connectivity index (χ1n) is 7.86. The molecule has 1 heterocycles. The van der Waals surface area contributed by atoms with Crippen LogP contribution in [0.1, 0.15) is 44.0 Å². The number of carbonyl (C=O) groups is 2. The van der Waals surface area contributed by atoms with E-state index in [4.69, 9.17) is 19.4 Å². The lowest BCUT2D eigenvalue weighted by molar-refractivity contribution is -0.188. The largest absolute Gasteiger partial charge is 0.478 e. The van der Waals surface area contributed by atoms with Gasteiger partial charge < -0.3 is 19.4 Å². The molecule has 1 saturated heterocycles. The summed E-state index contributed by atoms with van der Waals surface area (Å²) in [5.41, 5.74) is -0.348. The van der Waals surface area contributed by atoms with Crippen LogP contribution in [0.3, 0.4) is 0 Å². The molecule has 2 rings (SSSR count). The Kier molecular flexibility index (Phi) is 5.80. The van der Waals surface area contributed by atoms with E-state index in [0.717, 1.165) is 12.8 Å². The molecule has 1 aromatic carbocycles. The minimum Gasteiger partial charge on any atom is -0.478 e. The molecule has 1 atom stereocenters. The van der Waals surface area contributed by atoms with E-state index < -0.39 is 17.5 Å². The lowest BCUT2D eigenvalue weighted by atomic mass is 10.2. The zero-order chi connectivity index (χ0) is 17.7. The number of carbonyl (C=O) groups excluding carboxylic acids is 1. The van der Waals surface area contributed by atoms with Gasteiger partial charge >= 0.3 is 11.9 Å². The molecule has 1 aliphatic rings. The third-order valence-corrected chi connectivity index (χ3v) is 3.29. The van der Waals surface area contributed by atoms with Crippen molar-refractivity contribution < 1.29 is 29.0 Å². The summed E-state index contributed by atoms with van der Waals surface area (Å²) in [7, 11) is 0. The van der Waals surface area contributed by atoms with Gasteiger partial charge in [-0.2, -0.15) is 0 Å². The third kappa shape index (κ3) is 5.50. The van der Waals surface area contributed by atoms with Crippen LogP contribution in [0.4, 0.5) is 0 Å². The summed E-state index contributed by atoms with van der Waals surface area (Å²) < 4.78 is 10.8. The Morgan fingerprint density at radius 1 is 1.25 bits per heavy atom. The molecule has 24 heavy (non-hydrogen) atoms. The first kappa shape index (κ1) is 18.2. The molecule has 132 valence electrons. The normalized spacial score (nSPS) is 18.4. The molecule has 1 aromatic rings. The van der Waals surface area contributed by atoms with Crippen LogP contribution in [0, 0.1) is 0 Å². The van der Waals surface area contributed by atoms with Crippen LogP contribution >= 0.6 is 0 Å². The average Bonchev–Trinajstić information content (AvgIpc) is 2.91. The highest BCUT2D eigenvalue weighted by atomic mass is 16.7. The van der Waals surface area contributed by atoms with Crippen molar-refractivity contribution in [2.24, 2.45) is 0 Å². The number of carboxylic acid groups (broad SMARTS) is 1. The van der Waals surface area contributed by atoms with Gasteiger partial charge in [-0.1, -0.05) is 0 Å². The smallest absolute Gasteiger partial charge is 0.335 e. The van der Waals surface area contributed by atoms with Crippen molar-refractivity contribution in [3.63, 3.8) is 0 Å². The topological polar surface area (TPSA) is 85.3 Å². The number of rotatable bonds is 6. The molecule has 7 heteroatoms. The molecule has 0 bridgehead atoms. The number of aromatic carboxylic acids is 1. The third-order valence-electron chi connectivity index (χ3n) is 3.29. The summed E-state index contributed by atoms with van der Waals surface area (Å²) in [6.45, 7) is 5.93. The molecule has 0 amide bonds. The van der Waals surface area contributed by atoms with Gasteiger partial charge in [0, 0.05) is 6.54 Å². The van der Waals surface area contributed by atoms with Gasteiger partial charge in [0.05, 0.1) is 5.56 Å². The highest BCUT2D eigenvalue weighted by Crippen LogP contribution is 2.22. The van der Waals surface area contributed by atoms with Gasteiger partial charge in [0.15, 0.2) is 0 Å². The monoisotopic (exact) mass is 337 g/mol. The van der Waals surface area contributed by atoms with Crippen LogP contribution in [0.2, 0.25) is 0 Å². The first-order chi connectivity index (χ1) is 11.2. The van der Waals surface area contributed by atoms with E-state index in [1.54, 1.807) is 38.0 Å². The molecule has 1 aliphatic heterocycles. The van der Waals surface area contributed by atoms with E-state index >= 15 is 0 Å². The van der Waals surface area contributed by atoms with Gasteiger partial charge in [-0.3, -0.25) is 0 Å². The lowest BCUT2D eigenvalue weighted by Crippen LogP contribution is -2.37. The number of carboxylic acids is 1. The molecule has 1 fully saturated rings. The van der Waals surface area contributed by atoms with E-state index in [2.05, 4.69) is 0 Å². The van der Waals surface area contributed by atoms with Gasteiger partial charge in [-0.25, -0.2) is 9.59 Å². The van der Waals surface area contributed by atoms with E-state index in [-0.39, 0.29) is 18.4 Å². The predicted octanol–water partition coefficient (Wildman–Crippen LogP) is 2.46. The minimum absolute atomic E-state index is 0.139. The second kappa shape index (κ2) is 7.63. The highest BCUT2D eigenvalue weighted by molar-refractivity contribution is 5.87. The quantitative estimate of drug-likeness (QED) is 0.798.